The molecule has 0 radical (unpaired) electrons. The van der Waals surface area contributed by atoms with Gasteiger partial charge in [-0.3, -0.25) is 19.6 Å². The lowest BCUT2D eigenvalue weighted by Gasteiger charge is -2.07. The minimum absolute atomic E-state index is 0.00945. The molecule has 36 heavy (non-hydrogen) atoms. The van der Waals surface area contributed by atoms with Crippen molar-refractivity contribution in [2.24, 2.45) is 0 Å². The molecule has 180 valence electrons. The van der Waals surface area contributed by atoms with Gasteiger partial charge in [0.15, 0.2) is 11.6 Å². The molecule has 1 N–H and O–H groups in total. The Bertz CT molecular complexity index is 1570. The van der Waals surface area contributed by atoms with Gasteiger partial charge < -0.3 is 14.5 Å². The van der Waals surface area contributed by atoms with E-state index in [1.54, 1.807) is 23.0 Å². The standard InChI is InChI=1S/C26H19ClN4O5/c27-22-14-19(31(33)34)8-10-23(22)35-16-20-9-11-24(36-20)26(32)28-25-12-13-30(29-25)15-18-6-3-5-17-4-1-2-7-21(17)18/h1-14H,15-16H2,(H,28,29,32). The molecule has 1 amide bonds. The summed E-state index contributed by atoms with van der Waals surface area (Å²) in [5.41, 5.74) is 0.988. The molecule has 0 fully saturated rings. The molecule has 9 nitrogen and oxygen atoms in total. The van der Waals surface area contributed by atoms with Crippen LogP contribution in [0.3, 0.4) is 0 Å². The lowest BCUT2D eigenvalue weighted by molar-refractivity contribution is -0.384. The summed E-state index contributed by atoms with van der Waals surface area (Å²) < 4.78 is 12.9. The Labute approximate surface area is 210 Å². The van der Waals surface area contributed by atoms with Crippen molar-refractivity contribution in [3.63, 3.8) is 0 Å². The maximum absolute atomic E-state index is 12.6. The first-order valence-corrected chi connectivity index (χ1v) is 11.3. The summed E-state index contributed by atoms with van der Waals surface area (Å²) in [6, 6.07) is 23.0. The Morgan fingerprint density at radius 2 is 1.92 bits per heavy atom. The highest BCUT2D eigenvalue weighted by molar-refractivity contribution is 6.32. The number of amides is 1. The van der Waals surface area contributed by atoms with Gasteiger partial charge in [0.25, 0.3) is 11.6 Å². The Hall–Kier alpha value is -4.63. The molecular formula is C26H19ClN4O5. The van der Waals surface area contributed by atoms with Crippen molar-refractivity contribution in [3.8, 4) is 5.75 Å². The highest BCUT2D eigenvalue weighted by Crippen LogP contribution is 2.29. The Balaban J connectivity index is 1.20. The highest BCUT2D eigenvalue weighted by Gasteiger charge is 2.15. The molecule has 0 saturated heterocycles. The molecule has 2 heterocycles. The van der Waals surface area contributed by atoms with Crippen LogP contribution in [0.4, 0.5) is 11.5 Å². The van der Waals surface area contributed by atoms with Crippen LogP contribution in [0.1, 0.15) is 21.9 Å². The molecule has 0 atom stereocenters. The third-order valence-corrected chi connectivity index (χ3v) is 5.77. The number of aromatic nitrogens is 2. The van der Waals surface area contributed by atoms with Crippen molar-refractivity contribution in [1.82, 2.24) is 9.78 Å². The number of fused-ring (bicyclic) bond motifs is 1. The third kappa shape index (κ3) is 5.06. The number of nitro groups is 1. The van der Waals surface area contributed by atoms with Crippen LogP contribution in [0, 0.1) is 10.1 Å². The smallest absolute Gasteiger partial charge is 0.292 e. The minimum atomic E-state index is -0.542. The predicted octanol–water partition coefficient (Wildman–Crippen LogP) is 6.07. The molecule has 0 aliphatic rings. The second-order valence-electron chi connectivity index (χ2n) is 7.92. The van der Waals surface area contributed by atoms with Crippen molar-refractivity contribution in [1.29, 1.82) is 0 Å². The van der Waals surface area contributed by atoms with Gasteiger partial charge in [0.1, 0.15) is 18.1 Å². The zero-order valence-electron chi connectivity index (χ0n) is 18.8. The first kappa shape index (κ1) is 23.1. The van der Waals surface area contributed by atoms with Gasteiger partial charge in [0.2, 0.25) is 0 Å². The molecule has 0 aliphatic heterocycles. The maximum Gasteiger partial charge on any atom is 0.292 e. The number of halogens is 1. The third-order valence-electron chi connectivity index (χ3n) is 5.48. The molecule has 2 aromatic heterocycles. The van der Waals surface area contributed by atoms with Crippen LogP contribution < -0.4 is 10.1 Å². The lowest BCUT2D eigenvalue weighted by atomic mass is 10.0. The van der Waals surface area contributed by atoms with Crippen LogP contribution in [-0.2, 0) is 13.2 Å². The average Bonchev–Trinajstić information content (AvgIpc) is 3.53. The number of rotatable bonds is 8. The van der Waals surface area contributed by atoms with E-state index in [2.05, 4.69) is 34.7 Å². The van der Waals surface area contributed by atoms with E-state index >= 15 is 0 Å². The van der Waals surface area contributed by atoms with Crippen molar-refractivity contribution in [3.05, 3.63) is 117 Å². The van der Waals surface area contributed by atoms with Crippen molar-refractivity contribution >= 4 is 39.8 Å². The van der Waals surface area contributed by atoms with E-state index in [0.29, 0.717) is 18.1 Å². The van der Waals surface area contributed by atoms with E-state index in [1.165, 1.54) is 24.3 Å². The molecule has 3 aromatic carbocycles. The van der Waals surface area contributed by atoms with Crippen LogP contribution in [0.2, 0.25) is 5.02 Å². The zero-order chi connectivity index (χ0) is 25.1. The van der Waals surface area contributed by atoms with Gasteiger partial charge in [-0.1, -0.05) is 54.1 Å². The molecule has 0 saturated carbocycles. The number of non-ortho nitro benzene ring substituents is 1. The Kier molecular flexibility index (Phi) is 6.38. The maximum atomic E-state index is 12.6. The van der Waals surface area contributed by atoms with Gasteiger partial charge in [0.05, 0.1) is 16.5 Å². The topological polar surface area (TPSA) is 112 Å². The molecule has 0 bridgehead atoms. The second-order valence-corrected chi connectivity index (χ2v) is 8.32. The quantitative estimate of drug-likeness (QED) is 0.203. The number of nitrogens with zero attached hydrogens (tertiary/aromatic N) is 3. The first-order chi connectivity index (χ1) is 17.5. The molecule has 5 rings (SSSR count). The number of furan rings is 1. The Morgan fingerprint density at radius 3 is 2.75 bits per heavy atom. The number of benzene rings is 3. The summed E-state index contributed by atoms with van der Waals surface area (Å²) in [6.45, 7) is 0.551. The van der Waals surface area contributed by atoms with Crippen LogP contribution in [0.5, 0.6) is 5.75 Å². The summed E-state index contributed by atoms with van der Waals surface area (Å²) in [4.78, 5) is 22.9. The van der Waals surface area contributed by atoms with Gasteiger partial charge in [0, 0.05) is 24.4 Å². The van der Waals surface area contributed by atoms with Crippen LogP contribution in [0.25, 0.3) is 10.8 Å². The molecule has 0 aliphatic carbocycles. The summed E-state index contributed by atoms with van der Waals surface area (Å²) in [7, 11) is 0. The van der Waals surface area contributed by atoms with E-state index in [0.717, 1.165) is 16.3 Å². The summed E-state index contributed by atoms with van der Waals surface area (Å²) in [5, 5.41) is 20.4. The van der Waals surface area contributed by atoms with Gasteiger partial charge in [-0.15, -0.1) is 0 Å². The van der Waals surface area contributed by atoms with Crippen LogP contribution in [0.15, 0.2) is 89.5 Å². The first-order valence-electron chi connectivity index (χ1n) is 10.9. The number of nitrogens with one attached hydrogen (secondary N) is 1. The number of carbonyl (C=O) groups is 1. The number of hydrogen-bond donors (Lipinski definition) is 1. The highest BCUT2D eigenvalue weighted by atomic mass is 35.5. The van der Waals surface area contributed by atoms with Gasteiger partial charge in [-0.2, -0.15) is 5.10 Å². The van der Waals surface area contributed by atoms with Crippen molar-refractivity contribution < 1.29 is 18.9 Å². The summed E-state index contributed by atoms with van der Waals surface area (Å²) >= 11 is 6.03. The van der Waals surface area contributed by atoms with Crippen molar-refractivity contribution in [2.45, 2.75) is 13.2 Å². The second kappa shape index (κ2) is 9.93. The number of anilines is 1. The summed E-state index contributed by atoms with van der Waals surface area (Å²) in [6.07, 6.45) is 1.80. The molecular weight excluding hydrogens is 484 g/mol. The van der Waals surface area contributed by atoms with Crippen molar-refractivity contribution in [2.75, 3.05) is 5.32 Å². The normalized spacial score (nSPS) is 10.9. The van der Waals surface area contributed by atoms with E-state index in [4.69, 9.17) is 20.8 Å². The average molecular weight is 503 g/mol. The fourth-order valence-electron chi connectivity index (χ4n) is 3.75. The van der Waals surface area contributed by atoms with Gasteiger partial charge in [-0.25, -0.2) is 0 Å². The molecule has 0 unspecified atom stereocenters. The molecule has 5 aromatic rings. The number of ether oxygens (including phenoxy) is 1. The minimum Gasteiger partial charge on any atom is -0.484 e. The van der Waals surface area contributed by atoms with E-state index in [-0.39, 0.29) is 28.8 Å². The Morgan fingerprint density at radius 1 is 1.08 bits per heavy atom. The van der Waals surface area contributed by atoms with E-state index in [1.807, 2.05) is 18.2 Å². The summed E-state index contributed by atoms with van der Waals surface area (Å²) in [5.74, 6) is 0.682. The largest absolute Gasteiger partial charge is 0.484 e. The number of hydrogen-bond acceptors (Lipinski definition) is 6. The predicted molar refractivity (Wildman–Crippen MR) is 134 cm³/mol. The fourth-order valence-corrected chi connectivity index (χ4v) is 3.98. The monoisotopic (exact) mass is 502 g/mol. The van der Waals surface area contributed by atoms with Crippen LogP contribution in [-0.4, -0.2) is 20.6 Å². The molecule has 10 heteroatoms. The SMILES string of the molecule is O=C(Nc1ccn(Cc2cccc3ccccc23)n1)c1ccc(COc2ccc([N+](=O)[O-])cc2Cl)o1. The fraction of sp³-hybridized carbons (Fsp3) is 0.0769. The van der Waals surface area contributed by atoms with E-state index in [9.17, 15) is 14.9 Å². The van der Waals surface area contributed by atoms with Gasteiger partial charge in [-0.05, 0) is 34.5 Å². The lowest BCUT2D eigenvalue weighted by Crippen LogP contribution is -2.12. The molecule has 0 spiro atoms. The number of carbonyl (C=O) groups excluding carboxylic acids is 1. The van der Waals surface area contributed by atoms with E-state index < -0.39 is 10.8 Å². The zero-order valence-corrected chi connectivity index (χ0v) is 19.5. The number of nitro benzene ring substituents is 1. The van der Waals surface area contributed by atoms with Crippen LogP contribution >= 0.6 is 11.6 Å². The van der Waals surface area contributed by atoms with Gasteiger partial charge >= 0.3 is 0 Å².